The van der Waals surface area contributed by atoms with Gasteiger partial charge in [-0.15, -0.1) is 0 Å². The third-order valence-corrected chi connectivity index (χ3v) is 8.09. The maximum Gasteiger partial charge on any atom is 0.409 e. The maximum atomic E-state index is 12.2. The number of halogens is 1. The van der Waals surface area contributed by atoms with Crippen LogP contribution in [0.1, 0.15) is 44.3 Å². The maximum absolute atomic E-state index is 12.2. The SMILES string of the molecule is CCCCOC(=O)N1CC2(CC(n3nc(-c4ccc5nn(CCOC)cc5c4)c(Br)c3C)C2)C1. The Hall–Kier alpha value is -2.39. The minimum Gasteiger partial charge on any atom is -0.449 e. The van der Waals surface area contributed by atoms with Crippen molar-refractivity contribution in [3.05, 3.63) is 34.6 Å². The minimum absolute atomic E-state index is 0.163. The molecule has 1 amide bonds. The second-order valence-corrected chi connectivity index (χ2v) is 10.5. The predicted molar refractivity (Wildman–Crippen MR) is 134 cm³/mol. The van der Waals surface area contributed by atoms with E-state index in [-0.39, 0.29) is 11.5 Å². The normalized spacial score (nSPS) is 17.2. The number of carbonyl (C=O) groups is 1. The lowest BCUT2D eigenvalue weighted by Gasteiger charge is -2.58. The highest BCUT2D eigenvalue weighted by molar-refractivity contribution is 9.10. The molecule has 1 aromatic carbocycles. The van der Waals surface area contributed by atoms with Crippen LogP contribution in [-0.4, -0.2) is 64.0 Å². The molecule has 8 nitrogen and oxygen atoms in total. The molecular formula is C25H32BrN5O3. The minimum atomic E-state index is -0.163. The first-order chi connectivity index (χ1) is 16.4. The van der Waals surface area contributed by atoms with Crippen LogP contribution in [0.3, 0.4) is 0 Å². The van der Waals surface area contributed by atoms with Gasteiger partial charge in [-0.05, 0) is 54.2 Å². The second kappa shape index (κ2) is 9.34. The van der Waals surface area contributed by atoms with Gasteiger partial charge in [-0.25, -0.2) is 4.79 Å². The number of hydrogen-bond donors (Lipinski definition) is 0. The summed E-state index contributed by atoms with van der Waals surface area (Å²) in [4.78, 5) is 14.0. The fourth-order valence-electron chi connectivity index (χ4n) is 5.22. The Balaban J connectivity index is 1.25. The Morgan fingerprint density at radius 2 is 2.03 bits per heavy atom. The summed E-state index contributed by atoms with van der Waals surface area (Å²) in [5.74, 6) is 0. The van der Waals surface area contributed by atoms with E-state index >= 15 is 0 Å². The molecule has 182 valence electrons. The van der Waals surface area contributed by atoms with Crippen LogP contribution in [0.15, 0.2) is 28.9 Å². The van der Waals surface area contributed by atoms with Gasteiger partial charge in [-0.3, -0.25) is 9.36 Å². The molecule has 0 unspecified atom stereocenters. The summed E-state index contributed by atoms with van der Waals surface area (Å²) in [5.41, 5.74) is 4.37. The van der Waals surface area contributed by atoms with Crippen molar-refractivity contribution in [3.8, 4) is 11.3 Å². The van der Waals surface area contributed by atoms with Crippen molar-refractivity contribution >= 4 is 32.9 Å². The average molecular weight is 530 g/mol. The van der Waals surface area contributed by atoms with Gasteiger partial charge in [0.1, 0.15) is 5.69 Å². The number of ether oxygens (including phenoxy) is 2. The number of unbranched alkanes of at least 4 members (excludes halogenated alkanes) is 1. The lowest BCUT2D eigenvalue weighted by Crippen LogP contribution is -2.64. The number of benzene rings is 1. The van der Waals surface area contributed by atoms with Crippen LogP contribution in [0, 0.1) is 12.3 Å². The molecule has 1 aliphatic carbocycles. The smallest absolute Gasteiger partial charge is 0.409 e. The van der Waals surface area contributed by atoms with E-state index in [1.807, 2.05) is 9.58 Å². The van der Waals surface area contributed by atoms with Crippen molar-refractivity contribution in [2.75, 3.05) is 33.4 Å². The highest BCUT2D eigenvalue weighted by Gasteiger charge is 2.55. The average Bonchev–Trinajstić information content (AvgIpc) is 3.31. The zero-order valence-electron chi connectivity index (χ0n) is 20.1. The summed E-state index contributed by atoms with van der Waals surface area (Å²) >= 11 is 3.79. The number of hydrogen-bond acceptors (Lipinski definition) is 5. The van der Waals surface area contributed by atoms with E-state index in [9.17, 15) is 4.79 Å². The number of carbonyl (C=O) groups excluding carboxylic acids is 1. The van der Waals surface area contributed by atoms with Crippen LogP contribution in [0.5, 0.6) is 0 Å². The molecule has 0 radical (unpaired) electrons. The molecule has 34 heavy (non-hydrogen) atoms. The molecule has 1 saturated heterocycles. The van der Waals surface area contributed by atoms with Crippen molar-refractivity contribution in [1.29, 1.82) is 0 Å². The summed E-state index contributed by atoms with van der Waals surface area (Å²) in [5, 5.41) is 10.7. The number of likely N-dealkylation sites (tertiary alicyclic amines) is 1. The van der Waals surface area contributed by atoms with Crippen LogP contribution >= 0.6 is 15.9 Å². The Labute approximate surface area is 208 Å². The van der Waals surface area contributed by atoms with Gasteiger partial charge in [-0.2, -0.15) is 10.2 Å². The zero-order chi connectivity index (χ0) is 23.9. The van der Waals surface area contributed by atoms with Crippen molar-refractivity contribution < 1.29 is 14.3 Å². The number of nitrogens with zero attached hydrogens (tertiary/aromatic N) is 5. The van der Waals surface area contributed by atoms with Crippen LogP contribution in [0.25, 0.3) is 22.2 Å². The first-order valence-electron chi connectivity index (χ1n) is 12.1. The molecule has 2 aromatic heterocycles. The zero-order valence-corrected chi connectivity index (χ0v) is 21.7. The number of rotatable bonds is 8. The molecule has 2 fully saturated rings. The Kier molecular flexibility index (Phi) is 6.41. The largest absolute Gasteiger partial charge is 0.449 e. The molecule has 0 bridgehead atoms. The summed E-state index contributed by atoms with van der Waals surface area (Å²) in [6.45, 7) is 7.69. The van der Waals surface area contributed by atoms with E-state index in [1.54, 1.807) is 7.11 Å². The molecule has 1 spiro atoms. The molecular weight excluding hydrogens is 498 g/mol. The highest BCUT2D eigenvalue weighted by atomic mass is 79.9. The van der Waals surface area contributed by atoms with Gasteiger partial charge in [0.25, 0.3) is 0 Å². The molecule has 1 saturated carbocycles. The third kappa shape index (κ3) is 4.24. The predicted octanol–water partition coefficient (Wildman–Crippen LogP) is 5.19. The van der Waals surface area contributed by atoms with E-state index in [0.29, 0.717) is 19.3 Å². The molecule has 3 aromatic rings. The Morgan fingerprint density at radius 3 is 2.76 bits per heavy atom. The van der Waals surface area contributed by atoms with Crippen LogP contribution in [-0.2, 0) is 16.0 Å². The number of methoxy groups -OCH3 is 1. The van der Waals surface area contributed by atoms with Crippen molar-refractivity contribution in [1.82, 2.24) is 24.5 Å². The topological polar surface area (TPSA) is 74.4 Å². The quantitative estimate of drug-likeness (QED) is 0.375. The summed E-state index contributed by atoms with van der Waals surface area (Å²) in [6.07, 6.45) is 5.94. The van der Waals surface area contributed by atoms with E-state index in [0.717, 1.165) is 77.6 Å². The van der Waals surface area contributed by atoms with Gasteiger partial charge in [0.2, 0.25) is 0 Å². The van der Waals surface area contributed by atoms with Gasteiger partial charge >= 0.3 is 6.09 Å². The van der Waals surface area contributed by atoms with Crippen LogP contribution in [0.2, 0.25) is 0 Å². The van der Waals surface area contributed by atoms with Crippen LogP contribution < -0.4 is 0 Å². The summed E-state index contributed by atoms with van der Waals surface area (Å²) in [6, 6.07) is 6.65. The fourth-order valence-corrected chi connectivity index (χ4v) is 5.71. The summed E-state index contributed by atoms with van der Waals surface area (Å²) in [7, 11) is 1.70. The molecule has 0 atom stereocenters. The molecule has 0 N–H and O–H groups in total. The fraction of sp³-hybridized carbons (Fsp3) is 0.560. The molecule has 2 aliphatic rings. The standard InChI is InChI=1S/C25H32BrN5O3/c1-4-5-9-34-24(32)29-15-25(16-29)12-20(13-25)31-17(2)22(26)23(28-31)18-6-7-21-19(11-18)14-30(27-21)8-10-33-3/h6-7,11,14,20H,4-5,8-10,12-13,15-16H2,1-3H3. The van der Waals surface area contributed by atoms with Crippen molar-refractivity contribution in [3.63, 3.8) is 0 Å². The van der Waals surface area contributed by atoms with Gasteiger partial charge in [0.05, 0.1) is 41.5 Å². The first-order valence-corrected chi connectivity index (χ1v) is 12.8. The Morgan fingerprint density at radius 1 is 1.24 bits per heavy atom. The number of amides is 1. The molecule has 3 heterocycles. The van der Waals surface area contributed by atoms with Gasteiger partial charge in [-0.1, -0.05) is 19.4 Å². The van der Waals surface area contributed by atoms with E-state index in [4.69, 9.17) is 14.6 Å². The summed E-state index contributed by atoms with van der Waals surface area (Å²) < 4.78 is 15.6. The van der Waals surface area contributed by atoms with Gasteiger partial charge in [0, 0.05) is 42.8 Å². The Bertz CT molecular complexity index is 1190. The van der Waals surface area contributed by atoms with Gasteiger partial charge in [0.15, 0.2) is 0 Å². The molecule has 1 aliphatic heterocycles. The molecule has 5 rings (SSSR count). The number of aromatic nitrogens is 4. The number of fused-ring (bicyclic) bond motifs is 1. The lowest BCUT2D eigenvalue weighted by atomic mass is 9.61. The first kappa shape index (κ1) is 23.4. The van der Waals surface area contributed by atoms with E-state index in [1.165, 1.54) is 0 Å². The van der Waals surface area contributed by atoms with Crippen LogP contribution in [0.4, 0.5) is 4.79 Å². The van der Waals surface area contributed by atoms with E-state index < -0.39 is 0 Å². The highest BCUT2D eigenvalue weighted by Crippen LogP contribution is 2.54. The van der Waals surface area contributed by atoms with E-state index in [2.05, 4.69) is 64.0 Å². The molecule has 9 heteroatoms. The van der Waals surface area contributed by atoms with Crippen molar-refractivity contribution in [2.24, 2.45) is 5.41 Å². The van der Waals surface area contributed by atoms with Gasteiger partial charge < -0.3 is 14.4 Å². The third-order valence-electron chi connectivity index (χ3n) is 7.14. The monoisotopic (exact) mass is 529 g/mol. The lowest BCUT2D eigenvalue weighted by molar-refractivity contribution is -0.0825. The van der Waals surface area contributed by atoms with Crippen molar-refractivity contribution in [2.45, 2.75) is 52.1 Å². The second-order valence-electron chi connectivity index (χ2n) is 9.74.